The standard InChI is InChI=1S/C14H25ClN4S2/c1-4-16-13(12-10-20-7-8-21-12)14-11(15)9-17-19(14)6-5-18(2)3/h9,12-13,16H,4-8,10H2,1-3H3. The molecule has 1 fully saturated rings. The van der Waals surface area contributed by atoms with Gasteiger partial charge in [0, 0.05) is 29.1 Å². The third-order valence-electron chi connectivity index (χ3n) is 3.52. The lowest BCUT2D eigenvalue weighted by atomic mass is 10.1. The van der Waals surface area contributed by atoms with E-state index in [1.165, 1.54) is 17.3 Å². The van der Waals surface area contributed by atoms with E-state index in [0.717, 1.165) is 30.4 Å². The molecular formula is C14H25ClN4S2. The summed E-state index contributed by atoms with van der Waals surface area (Å²) in [5.41, 5.74) is 1.15. The first-order chi connectivity index (χ1) is 10.1. The van der Waals surface area contributed by atoms with Crippen LogP contribution < -0.4 is 5.32 Å². The van der Waals surface area contributed by atoms with Crippen LogP contribution in [0.5, 0.6) is 0 Å². The van der Waals surface area contributed by atoms with Crippen LogP contribution in [-0.2, 0) is 6.54 Å². The fraction of sp³-hybridized carbons (Fsp3) is 0.786. The summed E-state index contributed by atoms with van der Waals surface area (Å²) < 4.78 is 2.08. The van der Waals surface area contributed by atoms with Crippen molar-refractivity contribution in [3.8, 4) is 0 Å². The second-order valence-electron chi connectivity index (χ2n) is 5.42. The van der Waals surface area contributed by atoms with Crippen LogP contribution >= 0.6 is 35.1 Å². The molecule has 7 heteroatoms. The van der Waals surface area contributed by atoms with Gasteiger partial charge in [0.25, 0.3) is 0 Å². The van der Waals surface area contributed by atoms with Crippen molar-refractivity contribution in [3.05, 3.63) is 16.9 Å². The van der Waals surface area contributed by atoms with Gasteiger partial charge < -0.3 is 10.2 Å². The van der Waals surface area contributed by atoms with Gasteiger partial charge >= 0.3 is 0 Å². The third-order valence-corrected chi connectivity index (χ3v) is 6.68. The Morgan fingerprint density at radius 1 is 1.52 bits per heavy atom. The molecule has 2 rings (SSSR count). The second kappa shape index (κ2) is 8.67. The van der Waals surface area contributed by atoms with Gasteiger partial charge in [-0.1, -0.05) is 18.5 Å². The first-order valence-corrected chi connectivity index (χ1v) is 10.00. The van der Waals surface area contributed by atoms with E-state index >= 15 is 0 Å². The van der Waals surface area contributed by atoms with Gasteiger partial charge in [-0.3, -0.25) is 4.68 Å². The molecule has 0 aliphatic carbocycles. The van der Waals surface area contributed by atoms with Gasteiger partial charge in [-0.2, -0.15) is 28.6 Å². The van der Waals surface area contributed by atoms with Crippen LogP contribution in [0.2, 0.25) is 5.02 Å². The normalized spacial score (nSPS) is 20.9. The second-order valence-corrected chi connectivity index (χ2v) is 8.33. The molecule has 4 nitrogen and oxygen atoms in total. The number of rotatable bonds is 7. The minimum atomic E-state index is 0.282. The molecule has 0 saturated carbocycles. The molecule has 1 aliphatic rings. The van der Waals surface area contributed by atoms with E-state index in [4.69, 9.17) is 11.6 Å². The summed E-state index contributed by atoms with van der Waals surface area (Å²) in [5, 5.41) is 9.47. The van der Waals surface area contributed by atoms with Crippen molar-refractivity contribution in [1.82, 2.24) is 20.0 Å². The monoisotopic (exact) mass is 348 g/mol. The quantitative estimate of drug-likeness (QED) is 0.819. The van der Waals surface area contributed by atoms with Crippen molar-refractivity contribution in [2.45, 2.75) is 24.8 Å². The number of nitrogens with one attached hydrogen (secondary N) is 1. The van der Waals surface area contributed by atoms with Crippen LogP contribution in [-0.4, -0.2) is 64.4 Å². The summed E-state index contributed by atoms with van der Waals surface area (Å²) in [4.78, 5) is 2.17. The Kier molecular flexibility index (Phi) is 7.22. The summed E-state index contributed by atoms with van der Waals surface area (Å²) in [6, 6.07) is 0.282. The summed E-state index contributed by atoms with van der Waals surface area (Å²) in [5.74, 6) is 3.66. The molecule has 1 saturated heterocycles. The maximum Gasteiger partial charge on any atom is 0.0834 e. The fourth-order valence-corrected chi connectivity index (χ4v) is 5.58. The van der Waals surface area contributed by atoms with E-state index in [0.29, 0.717) is 5.25 Å². The molecular weight excluding hydrogens is 324 g/mol. The molecule has 1 aromatic heterocycles. The van der Waals surface area contributed by atoms with Crippen LogP contribution in [0.25, 0.3) is 0 Å². The van der Waals surface area contributed by atoms with E-state index in [1.807, 2.05) is 11.8 Å². The predicted octanol–water partition coefficient (Wildman–Crippen LogP) is 2.60. The lowest BCUT2D eigenvalue weighted by Gasteiger charge is -2.31. The van der Waals surface area contributed by atoms with Gasteiger partial charge in [-0.05, 0) is 20.6 Å². The largest absolute Gasteiger partial charge is 0.308 e. The van der Waals surface area contributed by atoms with Gasteiger partial charge in [0.2, 0.25) is 0 Å². The molecule has 0 spiro atoms. The van der Waals surface area contributed by atoms with Crippen LogP contribution in [0.1, 0.15) is 18.7 Å². The van der Waals surface area contributed by atoms with Gasteiger partial charge in [0.15, 0.2) is 0 Å². The molecule has 0 bridgehead atoms. The Bertz CT molecular complexity index is 433. The van der Waals surface area contributed by atoms with E-state index in [9.17, 15) is 0 Å². The van der Waals surface area contributed by atoms with Gasteiger partial charge in [0.1, 0.15) is 0 Å². The van der Waals surface area contributed by atoms with E-state index in [-0.39, 0.29) is 6.04 Å². The Hall–Kier alpha value is 0.120. The molecule has 2 atom stereocenters. The molecule has 1 aliphatic heterocycles. The number of aromatic nitrogens is 2. The Morgan fingerprint density at radius 3 is 2.95 bits per heavy atom. The summed E-state index contributed by atoms with van der Waals surface area (Å²) >= 11 is 10.6. The molecule has 21 heavy (non-hydrogen) atoms. The zero-order valence-corrected chi connectivity index (χ0v) is 15.4. The Morgan fingerprint density at radius 2 is 2.33 bits per heavy atom. The number of hydrogen-bond donors (Lipinski definition) is 1. The van der Waals surface area contributed by atoms with Crippen LogP contribution in [0, 0.1) is 0 Å². The van der Waals surface area contributed by atoms with Crippen molar-refractivity contribution in [3.63, 3.8) is 0 Å². The maximum atomic E-state index is 6.46. The van der Waals surface area contributed by atoms with Crippen LogP contribution in [0.15, 0.2) is 6.20 Å². The van der Waals surface area contributed by atoms with Crippen molar-refractivity contribution in [1.29, 1.82) is 0 Å². The van der Waals surface area contributed by atoms with Gasteiger partial charge in [-0.25, -0.2) is 0 Å². The SMILES string of the molecule is CCNC(c1c(Cl)cnn1CCN(C)C)C1CSCCS1. The highest BCUT2D eigenvalue weighted by molar-refractivity contribution is 8.06. The van der Waals surface area contributed by atoms with Gasteiger partial charge in [-0.15, -0.1) is 0 Å². The van der Waals surface area contributed by atoms with Crippen molar-refractivity contribution in [2.75, 3.05) is 44.4 Å². The van der Waals surface area contributed by atoms with Crippen molar-refractivity contribution < 1.29 is 0 Å². The molecule has 0 amide bonds. The maximum absolute atomic E-state index is 6.46. The molecule has 0 radical (unpaired) electrons. The molecule has 0 aromatic carbocycles. The molecule has 120 valence electrons. The minimum Gasteiger partial charge on any atom is -0.308 e. The highest BCUT2D eigenvalue weighted by Crippen LogP contribution is 2.36. The van der Waals surface area contributed by atoms with Crippen molar-refractivity contribution in [2.24, 2.45) is 0 Å². The number of hydrogen-bond acceptors (Lipinski definition) is 5. The van der Waals surface area contributed by atoms with Crippen molar-refractivity contribution >= 4 is 35.1 Å². The molecule has 2 unspecified atom stereocenters. The van der Waals surface area contributed by atoms with E-state index < -0.39 is 0 Å². The third kappa shape index (κ3) is 4.79. The lowest BCUT2D eigenvalue weighted by molar-refractivity contribution is 0.362. The first-order valence-electron chi connectivity index (χ1n) is 7.42. The Balaban J connectivity index is 2.19. The number of likely N-dealkylation sites (N-methyl/N-ethyl adjacent to an activating group) is 1. The lowest BCUT2D eigenvalue weighted by Crippen LogP contribution is -2.36. The predicted molar refractivity (Wildman–Crippen MR) is 95.8 cm³/mol. The summed E-state index contributed by atoms with van der Waals surface area (Å²) in [6.45, 7) is 4.95. The minimum absolute atomic E-state index is 0.282. The van der Waals surface area contributed by atoms with E-state index in [2.05, 4.69) is 52.8 Å². The highest BCUT2D eigenvalue weighted by Gasteiger charge is 2.29. The van der Waals surface area contributed by atoms with E-state index in [1.54, 1.807) is 6.20 Å². The molecule has 1 aromatic rings. The zero-order valence-electron chi connectivity index (χ0n) is 13.0. The molecule has 2 heterocycles. The Labute approximate surface area is 141 Å². The first kappa shape index (κ1) is 17.5. The molecule has 1 N–H and O–H groups in total. The number of thioether (sulfide) groups is 2. The topological polar surface area (TPSA) is 33.1 Å². The van der Waals surface area contributed by atoms with Crippen LogP contribution in [0.4, 0.5) is 0 Å². The summed E-state index contributed by atoms with van der Waals surface area (Å²) in [6.07, 6.45) is 1.79. The van der Waals surface area contributed by atoms with Crippen LogP contribution in [0.3, 0.4) is 0 Å². The number of halogens is 1. The average Bonchev–Trinajstić information content (AvgIpc) is 2.84. The number of nitrogens with zero attached hydrogens (tertiary/aromatic N) is 3. The smallest absolute Gasteiger partial charge is 0.0834 e. The van der Waals surface area contributed by atoms with Gasteiger partial charge in [0.05, 0.1) is 29.5 Å². The summed E-state index contributed by atoms with van der Waals surface area (Å²) in [7, 11) is 4.17. The highest BCUT2D eigenvalue weighted by atomic mass is 35.5. The fourth-order valence-electron chi connectivity index (χ4n) is 2.48. The zero-order chi connectivity index (χ0) is 15.2. The average molecular weight is 349 g/mol.